The number of benzene rings is 6. The molecule has 10 rings (SSSR count). The van der Waals surface area contributed by atoms with Crippen LogP contribution in [0, 0.1) is 0 Å². The van der Waals surface area contributed by atoms with Gasteiger partial charge in [-0.05, 0) is 80.6 Å². The first-order valence-corrected chi connectivity index (χ1v) is 14.5. The molecule has 198 valence electrons. The zero-order valence-electron chi connectivity index (χ0n) is 23.2. The van der Waals surface area contributed by atoms with Crippen molar-refractivity contribution in [2.75, 3.05) is 0 Å². The highest BCUT2D eigenvalue weighted by Gasteiger charge is 2.25. The number of fused-ring (bicyclic) bond motifs is 12. The second kappa shape index (κ2) is 7.65. The lowest BCUT2D eigenvalue weighted by Crippen LogP contribution is -1.90. The van der Waals surface area contributed by atoms with Crippen LogP contribution in [0.5, 0.6) is 0 Å². The number of hydrogen-bond acceptors (Lipinski definition) is 2. The van der Waals surface area contributed by atoms with Gasteiger partial charge in [0.25, 0.3) is 0 Å². The molecule has 0 N–H and O–H groups in total. The van der Waals surface area contributed by atoms with E-state index in [1.165, 1.54) is 38.2 Å². The van der Waals surface area contributed by atoms with E-state index in [9.17, 15) is 0 Å². The lowest BCUT2D eigenvalue weighted by molar-refractivity contribution is 0.867. The summed E-state index contributed by atoms with van der Waals surface area (Å²) in [6.45, 7) is 4.48. The first kappa shape index (κ1) is 22.3. The molecule has 42 heavy (non-hydrogen) atoms. The average Bonchev–Trinajstić information content (AvgIpc) is 3.73. The average molecular weight is 540 g/mol. The molecule has 0 aliphatic rings. The molecule has 6 aromatic carbocycles. The van der Waals surface area contributed by atoms with Crippen LogP contribution in [0.1, 0.15) is 25.3 Å². The Morgan fingerprint density at radius 3 is 1.43 bits per heavy atom. The molecule has 0 atom stereocenters. The molecule has 0 bridgehead atoms. The van der Waals surface area contributed by atoms with Crippen molar-refractivity contribution in [1.29, 1.82) is 0 Å². The van der Waals surface area contributed by atoms with Gasteiger partial charge in [-0.2, -0.15) is 0 Å². The predicted octanol–water partition coefficient (Wildman–Crippen LogP) is 9.23. The van der Waals surface area contributed by atoms with Gasteiger partial charge in [-0.3, -0.25) is 8.80 Å². The van der Waals surface area contributed by atoms with E-state index in [1.807, 2.05) is 0 Å². The molecule has 0 spiro atoms. The van der Waals surface area contributed by atoms with Crippen molar-refractivity contribution in [3.63, 3.8) is 0 Å². The normalized spacial score (nSPS) is 12.7. The van der Waals surface area contributed by atoms with Gasteiger partial charge in [0.05, 0.1) is 33.1 Å². The molecule has 0 saturated heterocycles. The summed E-state index contributed by atoms with van der Waals surface area (Å²) in [5, 5.41) is 4.82. The second-order valence-corrected chi connectivity index (χ2v) is 11.8. The van der Waals surface area contributed by atoms with Crippen LogP contribution in [0.4, 0.5) is 0 Å². The first-order valence-electron chi connectivity index (χ1n) is 14.5. The Morgan fingerprint density at radius 2 is 0.952 bits per heavy atom. The van der Waals surface area contributed by atoms with Gasteiger partial charge in [0.1, 0.15) is 5.52 Å². The Hall–Kier alpha value is -5.42. The highest BCUT2D eigenvalue weighted by Crippen LogP contribution is 2.39. The van der Waals surface area contributed by atoms with Crippen LogP contribution in [0.25, 0.3) is 82.8 Å². The third kappa shape index (κ3) is 2.77. The van der Waals surface area contributed by atoms with Crippen LogP contribution in [0.2, 0.25) is 0 Å². The number of rotatable bonds is 2. The third-order valence-electron chi connectivity index (χ3n) is 9.09. The first-order chi connectivity index (χ1) is 20.6. The Labute approximate surface area is 240 Å². The van der Waals surface area contributed by atoms with E-state index in [-0.39, 0.29) is 0 Å². The van der Waals surface area contributed by atoms with Crippen LogP contribution in [0.3, 0.4) is 0 Å². The molecule has 0 amide bonds. The summed E-state index contributed by atoms with van der Waals surface area (Å²) in [7, 11) is 0. The molecule has 0 aliphatic heterocycles. The van der Waals surface area contributed by atoms with Crippen LogP contribution < -0.4 is 0 Å². The van der Waals surface area contributed by atoms with Gasteiger partial charge in [-0.25, -0.2) is 14.4 Å². The number of hydrogen-bond donors (Lipinski definition) is 0. The van der Waals surface area contributed by atoms with Gasteiger partial charge in [0.15, 0.2) is 0 Å². The van der Waals surface area contributed by atoms with Gasteiger partial charge in [0.2, 0.25) is 11.6 Å². The summed E-state index contributed by atoms with van der Waals surface area (Å²) in [4.78, 5) is 10.5. The zero-order chi connectivity index (χ0) is 27.7. The lowest BCUT2D eigenvalue weighted by Gasteiger charge is -2.08. The van der Waals surface area contributed by atoms with Crippen molar-refractivity contribution >= 4 is 71.7 Å². The van der Waals surface area contributed by atoms with Crippen molar-refractivity contribution < 1.29 is 0 Å². The molecular weight excluding hydrogens is 514 g/mol. The summed E-state index contributed by atoms with van der Waals surface area (Å²) in [6, 6.07) is 39.7. The fraction of sp³-hybridized carbons (Fsp3) is 0.0811. The van der Waals surface area contributed by atoms with E-state index in [4.69, 9.17) is 9.97 Å². The molecule has 0 aliphatic carbocycles. The van der Waals surface area contributed by atoms with Crippen LogP contribution in [0.15, 0.2) is 109 Å². The van der Waals surface area contributed by atoms with Gasteiger partial charge >= 0.3 is 0 Å². The van der Waals surface area contributed by atoms with Crippen molar-refractivity contribution in [2.45, 2.75) is 19.8 Å². The summed E-state index contributed by atoms with van der Waals surface area (Å²) in [6.07, 6.45) is 0. The van der Waals surface area contributed by atoms with Crippen LogP contribution in [-0.2, 0) is 0 Å². The maximum absolute atomic E-state index is 5.24. The van der Waals surface area contributed by atoms with E-state index in [0.717, 1.165) is 50.2 Å². The molecular formula is C37H25N5. The molecule has 4 aromatic heterocycles. The molecule has 10 aromatic rings. The molecule has 0 saturated carbocycles. The van der Waals surface area contributed by atoms with Crippen molar-refractivity contribution in [3.05, 3.63) is 115 Å². The highest BCUT2D eigenvalue weighted by molar-refractivity contribution is 6.08. The summed E-state index contributed by atoms with van der Waals surface area (Å²) in [5.74, 6) is 2.28. The van der Waals surface area contributed by atoms with Gasteiger partial charge in [0, 0.05) is 0 Å². The maximum atomic E-state index is 5.24. The molecule has 5 nitrogen and oxygen atoms in total. The molecule has 0 radical (unpaired) electrons. The zero-order valence-corrected chi connectivity index (χ0v) is 23.2. The minimum atomic E-state index is 0.495. The second-order valence-electron chi connectivity index (χ2n) is 11.8. The van der Waals surface area contributed by atoms with E-state index < -0.39 is 0 Å². The van der Waals surface area contributed by atoms with E-state index in [2.05, 4.69) is 136 Å². The standard InChI is InChI=1S/C37H25N5/c1-21(2)22-11-13-23(14-12-22)28-19-33-35-34(20-28)41-32-18-27-10-6-4-8-25(27)16-30(32)39-37(41)42(35)36-38-29-15-24-7-3-5-9-26(24)17-31(29)40(33)36/h3-21H,1-2H3. The monoisotopic (exact) mass is 539 g/mol. The van der Waals surface area contributed by atoms with Gasteiger partial charge in [-0.1, -0.05) is 86.6 Å². The Balaban J connectivity index is 1.41. The Kier molecular flexibility index (Phi) is 4.06. The molecule has 5 heteroatoms. The fourth-order valence-corrected chi connectivity index (χ4v) is 6.97. The Bertz CT molecular complexity index is 2540. The van der Waals surface area contributed by atoms with E-state index in [0.29, 0.717) is 5.92 Å². The summed E-state index contributed by atoms with van der Waals surface area (Å²) < 4.78 is 6.91. The minimum Gasteiger partial charge on any atom is -0.276 e. The largest absolute Gasteiger partial charge is 0.276 e. The Morgan fingerprint density at radius 1 is 0.476 bits per heavy atom. The van der Waals surface area contributed by atoms with Crippen LogP contribution >= 0.6 is 0 Å². The van der Waals surface area contributed by atoms with Crippen molar-refractivity contribution in [3.8, 4) is 11.1 Å². The predicted molar refractivity (Wildman–Crippen MR) is 173 cm³/mol. The SMILES string of the molecule is CC(C)c1ccc(-c2cc3c4c(c2)n2c5cc6ccccc6cc5nc2n4c2nc4cc5ccccc5cc4n32)cc1. The quantitative estimate of drug-likeness (QED) is 0.220. The maximum Gasteiger partial charge on any atom is 0.223 e. The number of nitrogens with zero attached hydrogens (tertiary/aromatic N) is 5. The van der Waals surface area contributed by atoms with Gasteiger partial charge < -0.3 is 0 Å². The minimum absolute atomic E-state index is 0.495. The number of imidazole rings is 4. The topological polar surface area (TPSA) is 39.0 Å². The van der Waals surface area contributed by atoms with Crippen molar-refractivity contribution in [2.24, 2.45) is 0 Å². The van der Waals surface area contributed by atoms with E-state index >= 15 is 0 Å². The van der Waals surface area contributed by atoms with Crippen molar-refractivity contribution in [1.82, 2.24) is 23.2 Å². The summed E-state index contributed by atoms with van der Waals surface area (Å²) in [5.41, 5.74) is 11.4. The molecule has 0 unspecified atom stereocenters. The highest BCUT2D eigenvalue weighted by atomic mass is 15.3. The number of aromatic nitrogens is 5. The molecule has 4 heterocycles. The summed E-state index contributed by atoms with van der Waals surface area (Å²) >= 11 is 0. The van der Waals surface area contributed by atoms with Gasteiger partial charge in [-0.15, -0.1) is 0 Å². The van der Waals surface area contributed by atoms with E-state index in [1.54, 1.807) is 0 Å². The lowest BCUT2D eigenvalue weighted by atomic mass is 9.98. The smallest absolute Gasteiger partial charge is 0.223 e. The third-order valence-corrected chi connectivity index (χ3v) is 9.09. The molecule has 0 fully saturated rings. The fourth-order valence-electron chi connectivity index (χ4n) is 6.97. The van der Waals surface area contributed by atoms with Crippen LogP contribution in [-0.4, -0.2) is 23.2 Å².